The maximum atomic E-state index is 13.2. The Morgan fingerprint density at radius 1 is 1.32 bits per heavy atom. The molecule has 0 unspecified atom stereocenters. The third-order valence-electron chi connectivity index (χ3n) is 4.23. The van der Waals surface area contributed by atoms with E-state index in [1.165, 1.54) is 15.6 Å². The summed E-state index contributed by atoms with van der Waals surface area (Å²) in [7, 11) is -3.64. The summed E-state index contributed by atoms with van der Waals surface area (Å²) in [5.41, 5.74) is 0.868. The largest absolute Gasteiger partial charge is 0.352 e. The molecular formula is C17H21N3O3S2. The summed E-state index contributed by atoms with van der Waals surface area (Å²) in [6.45, 7) is 4.25. The van der Waals surface area contributed by atoms with Gasteiger partial charge in [-0.3, -0.25) is 9.78 Å². The highest BCUT2D eigenvalue weighted by Gasteiger charge is 2.32. The molecule has 1 N–H and O–H groups in total. The van der Waals surface area contributed by atoms with Crippen LogP contribution in [0.5, 0.6) is 0 Å². The highest BCUT2D eigenvalue weighted by Crippen LogP contribution is 2.29. The van der Waals surface area contributed by atoms with Crippen LogP contribution in [0.3, 0.4) is 0 Å². The molecule has 0 saturated carbocycles. The number of hydrogen-bond donors (Lipinski definition) is 1. The van der Waals surface area contributed by atoms with Gasteiger partial charge in [0.05, 0.1) is 4.90 Å². The fourth-order valence-corrected chi connectivity index (χ4v) is 6.00. The SMILES string of the molecule is Cc1cc(S(=O)(=O)N(Cc2ccncc2)C[C@@H]2CCC(=O)N2)c(C)s1. The van der Waals surface area contributed by atoms with Gasteiger partial charge in [-0.05, 0) is 44.0 Å². The molecule has 3 rings (SSSR count). The quantitative estimate of drug-likeness (QED) is 0.835. The third-order valence-corrected chi connectivity index (χ3v) is 7.26. The van der Waals surface area contributed by atoms with Crippen molar-refractivity contribution in [3.63, 3.8) is 0 Å². The van der Waals surface area contributed by atoms with E-state index in [2.05, 4.69) is 10.3 Å². The Kier molecular flexibility index (Phi) is 5.21. The highest BCUT2D eigenvalue weighted by atomic mass is 32.2. The van der Waals surface area contributed by atoms with Crippen molar-refractivity contribution in [3.8, 4) is 0 Å². The molecule has 2 aromatic rings. The second-order valence-electron chi connectivity index (χ2n) is 6.23. The van der Waals surface area contributed by atoms with Crippen molar-refractivity contribution in [2.45, 2.75) is 44.2 Å². The van der Waals surface area contributed by atoms with Gasteiger partial charge in [0.2, 0.25) is 15.9 Å². The van der Waals surface area contributed by atoms with E-state index >= 15 is 0 Å². The minimum atomic E-state index is -3.64. The van der Waals surface area contributed by atoms with E-state index in [1.807, 2.05) is 26.0 Å². The van der Waals surface area contributed by atoms with Crippen LogP contribution >= 0.6 is 11.3 Å². The number of carbonyl (C=O) groups excluding carboxylic acids is 1. The molecule has 1 amide bonds. The normalized spacial score (nSPS) is 17.9. The third kappa shape index (κ3) is 4.08. The van der Waals surface area contributed by atoms with Crippen molar-refractivity contribution in [1.29, 1.82) is 0 Å². The Morgan fingerprint density at radius 2 is 2.04 bits per heavy atom. The van der Waals surface area contributed by atoms with Crippen molar-refractivity contribution in [2.24, 2.45) is 0 Å². The molecule has 6 nitrogen and oxygen atoms in total. The van der Waals surface area contributed by atoms with Gasteiger partial charge < -0.3 is 5.32 Å². The number of aryl methyl sites for hydroxylation is 2. The molecule has 25 heavy (non-hydrogen) atoms. The topological polar surface area (TPSA) is 79.4 Å². The van der Waals surface area contributed by atoms with Crippen LogP contribution in [0.1, 0.15) is 28.2 Å². The molecule has 1 aliphatic rings. The molecule has 2 aromatic heterocycles. The maximum Gasteiger partial charge on any atom is 0.244 e. The zero-order valence-corrected chi connectivity index (χ0v) is 15.9. The molecule has 1 atom stereocenters. The first-order valence-corrected chi connectivity index (χ1v) is 10.4. The number of aromatic nitrogens is 1. The number of amides is 1. The van der Waals surface area contributed by atoms with E-state index < -0.39 is 10.0 Å². The van der Waals surface area contributed by atoms with Gasteiger partial charge in [-0.15, -0.1) is 11.3 Å². The minimum absolute atomic E-state index is 0.0196. The summed E-state index contributed by atoms with van der Waals surface area (Å²) < 4.78 is 28.0. The Hall–Kier alpha value is -1.77. The Labute approximate surface area is 151 Å². The highest BCUT2D eigenvalue weighted by molar-refractivity contribution is 7.89. The van der Waals surface area contributed by atoms with E-state index in [0.717, 1.165) is 15.3 Å². The zero-order valence-electron chi connectivity index (χ0n) is 14.2. The van der Waals surface area contributed by atoms with E-state index in [9.17, 15) is 13.2 Å². The van der Waals surface area contributed by atoms with Crippen LogP contribution in [-0.2, 0) is 21.4 Å². The fraction of sp³-hybridized carbons (Fsp3) is 0.412. The van der Waals surface area contributed by atoms with Gasteiger partial charge in [0.15, 0.2) is 0 Å². The van der Waals surface area contributed by atoms with Crippen molar-refractivity contribution in [2.75, 3.05) is 6.54 Å². The lowest BCUT2D eigenvalue weighted by Crippen LogP contribution is -2.41. The Balaban J connectivity index is 1.91. The molecular weight excluding hydrogens is 358 g/mol. The van der Waals surface area contributed by atoms with E-state index in [4.69, 9.17) is 0 Å². The molecule has 134 valence electrons. The summed E-state index contributed by atoms with van der Waals surface area (Å²) in [4.78, 5) is 17.6. The molecule has 0 spiro atoms. The monoisotopic (exact) mass is 379 g/mol. The van der Waals surface area contributed by atoms with Crippen LogP contribution in [0.2, 0.25) is 0 Å². The number of rotatable bonds is 6. The van der Waals surface area contributed by atoms with Crippen LogP contribution < -0.4 is 5.32 Å². The summed E-state index contributed by atoms with van der Waals surface area (Å²) in [6.07, 6.45) is 4.40. The summed E-state index contributed by atoms with van der Waals surface area (Å²) in [5, 5.41) is 2.86. The van der Waals surface area contributed by atoms with Crippen LogP contribution in [0, 0.1) is 13.8 Å². The summed E-state index contributed by atoms with van der Waals surface area (Å²) in [6, 6.07) is 5.19. The van der Waals surface area contributed by atoms with Crippen molar-refractivity contribution >= 4 is 27.3 Å². The Bertz CT molecular complexity index is 863. The van der Waals surface area contributed by atoms with Gasteiger partial charge in [-0.1, -0.05) is 0 Å². The van der Waals surface area contributed by atoms with Gasteiger partial charge in [0.25, 0.3) is 0 Å². The molecule has 3 heterocycles. The lowest BCUT2D eigenvalue weighted by molar-refractivity contribution is -0.119. The van der Waals surface area contributed by atoms with Gasteiger partial charge in [-0.2, -0.15) is 4.31 Å². The average Bonchev–Trinajstić information content (AvgIpc) is 3.13. The summed E-state index contributed by atoms with van der Waals surface area (Å²) in [5.74, 6) is -0.0196. The Morgan fingerprint density at radius 3 is 2.60 bits per heavy atom. The van der Waals surface area contributed by atoms with Crippen molar-refractivity contribution in [1.82, 2.24) is 14.6 Å². The van der Waals surface area contributed by atoms with Crippen LogP contribution in [-0.4, -0.2) is 36.2 Å². The second kappa shape index (κ2) is 7.23. The smallest absolute Gasteiger partial charge is 0.244 e. The van der Waals surface area contributed by atoms with Gasteiger partial charge >= 0.3 is 0 Å². The number of carbonyl (C=O) groups is 1. The lowest BCUT2D eigenvalue weighted by atomic mass is 10.2. The van der Waals surface area contributed by atoms with E-state index in [-0.39, 0.29) is 25.0 Å². The standard InChI is InChI=1S/C17H21N3O3S2/c1-12-9-16(13(2)24-12)25(22,23)20(10-14-5-7-18-8-6-14)11-15-3-4-17(21)19-15/h5-9,15H,3-4,10-11H2,1-2H3,(H,19,21)/t15-/m0/s1. The van der Waals surface area contributed by atoms with Crippen LogP contribution in [0.4, 0.5) is 0 Å². The number of sulfonamides is 1. The van der Waals surface area contributed by atoms with Gasteiger partial charge in [-0.25, -0.2) is 8.42 Å². The fourth-order valence-electron chi connectivity index (χ4n) is 3.00. The number of thiophene rings is 1. The average molecular weight is 380 g/mol. The molecule has 0 bridgehead atoms. The van der Waals surface area contributed by atoms with Crippen molar-refractivity contribution < 1.29 is 13.2 Å². The molecule has 0 aliphatic carbocycles. The first kappa shape index (κ1) is 18.0. The first-order chi connectivity index (χ1) is 11.9. The van der Waals surface area contributed by atoms with E-state index in [1.54, 1.807) is 18.5 Å². The molecule has 1 fully saturated rings. The van der Waals surface area contributed by atoms with Crippen LogP contribution in [0.15, 0.2) is 35.5 Å². The minimum Gasteiger partial charge on any atom is -0.352 e. The molecule has 0 radical (unpaired) electrons. The predicted octanol–water partition coefficient (Wildman–Crippen LogP) is 2.23. The zero-order chi connectivity index (χ0) is 18.0. The van der Waals surface area contributed by atoms with Crippen molar-refractivity contribution in [3.05, 3.63) is 45.9 Å². The van der Waals surface area contributed by atoms with Gasteiger partial charge in [0, 0.05) is 47.7 Å². The predicted molar refractivity (Wildman–Crippen MR) is 96.8 cm³/mol. The molecule has 0 aromatic carbocycles. The molecule has 8 heteroatoms. The second-order valence-corrected chi connectivity index (χ2v) is 9.60. The first-order valence-electron chi connectivity index (χ1n) is 8.11. The van der Waals surface area contributed by atoms with Crippen LogP contribution in [0.25, 0.3) is 0 Å². The maximum absolute atomic E-state index is 13.2. The summed E-state index contributed by atoms with van der Waals surface area (Å²) >= 11 is 1.48. The van der Waals surface area contributed by atoms with Gasteiger partial charge in [0.1, 0.15) is 0 Å². The molecule has 1 aliphatic heterocycles. The number of pyridine rings is 1. The lowest BCUT2D eigenvalue weighted by Gasteiger charge is -2.25. The molecule has 1 saturated heterocycles. The number of nitrogens with one attached hydrogen (secondary N) is 1. The number of hydrogen-bond acceptors (Lipinski definition) is 5. The van der Waals surface area contributed by atoms with E-state index in [0.29, 0.717) is 17.7 Å². The number of nitrogens with zero attached hydrogens (tertiary/aromatic N) is 2.